The Morgan fingerprint density at radius 2 is 2.21 bits per heavy atom. The Balaban J connectivity index is 2.49. The van der Waals surface area contributed by atoms with Gasteiger partial charge in [0.05, 0.1) is 11.6 Å². The molecule has 8 heteroatoms. The summed E-state index contributed by atoms with van der Waals surface area (Å²) < 4.78 is 34.2. The summed E-state index contributed by atoms with van der Waals surface area (Å²) in [6.07, 6.45) is -0.694. The van der Waals surface area contributed by atoms with E-state index in [4.69, 9.17) is 16.6 Å². The Morgan fingerprint density at radius 1 is 1.46 bits per heavy atom. The highest BCUT2D eigenvalue weighted by Gasteiger charge is 2.22. The number of aromatic amines is 1. The number of nitrogens with one attached hydrogen (secondary N) is 1. The number of pyridine rings is 1. The Kier molecular flexibility index (Phi) is 4.31. The predicted molar refractivity (Wildman–Crippen MR) is 88.8 cm³/mol. The fourth-order valence-corrected chi connectivity index (χ4v) is 2.95. The molecule has 0 aromatic carbocycles. The number of alkyl halides is 2. The standard InChI is InChI=1S/C16H15F2N3O2S/c1-3-8(2)21-14-12(15(22)20-16(21)24)9(13(17)18)7-10(19-14)11-5-4-6-23-11/h4-8,13H,3H2,1-2H3,(H,20,22,24). The zero-order chi connectivity index (χ0) is 17.4. The van der Waals surface area contributed by atoms with Crippen LogP contribution in [0.3, 0.4) is 0 Å². The van der Waals surface area contributed by atoms with Crippen molar-refractivity contribution in [1.29, 1.82) is 0 Å². The maximum Gasteiger partial charge on any atom is 0.264 e. The minimum atomic E-state index is -2.83. The van der Waals surface area contributed by atoms with Gasteiger partial charge in [-0.05, 0) is 43.8 Å². The lowest BCUT2D eigenvalue weighted by Gasteiger charge is -2.18. The first-order valence-electron chi connectivity index (χ1n) is 7.45. The number of fused-ring (bicyclic) bond motifs is 1. The van der Waals surface area contributed by atoms with Crippen molar-refractivity contribution in [2.45, 2.75) is 32.7 Å². The monoisotopic (exact) mass is 351 g/mol. The molecule has 1 N–H and O–H groups in total. The van der Waals surface area contributed by atoms with E-state index in [1.54, 1.807) is 16.7 Å². The lowest BCUT2D eigenvalue weighted by atomic mass is 10.1. The fraction of sp³-hybridized carbons (Fsp3) is 0.312. The van der Waals surface area contributed by atoms with Gasteiger partial charge in [0.1, 0.15) is 11.3 Å². The van der Waals surface area contributed by atoms with Gasteiger partial charge in [0, 0.05) is 11.6 Å². The summed E-state index contributed by atoms with van der Waals surface area (Å²) in [6, 6.07) is 4.34. The van der Waals surface area contributed by atoms with Crippen LogP contribution in [0.2, 0.25) is 0 Å². The highest BCUT2D eigenvalue weighted by atomic mass is 32.1. The number of rotatable bonds is 4. The van der Waals surface area contributed by atoms with E-state index in [-0.39, 0.29) is 33.1 Å². The molecule has 0 saturated heterocycles. The van der Waals surface area contributed by atoms with Crippen LogP contribution in [0.1, 0.15) is 38.3 Å². The fourth-order valence-electron chi connectivity index (χ4n) is 2.59. The molecular weight excluding hydrogens is 336 g/mol. The number of aromatic nitrogens is 3. The van der Waals surface area contributed by atoms with Gasteiger partial charge >= 0.3 is 0 Å². The van der Waals surface area contributed by atoms with Crippen LogP contribution in [0.5, 0.6) is 0 Å². The van der Waals surface area contributed by atoms with Crippen molar-refractivity contribution in [2.75, 3.05) is 0 Å². The van der Waals surface area contributed by atoms with Crippen molar-refractivity contribution in [2.24, 2.45) is 0 Å². The molecule has 3 heterocycles. The number of furan rings is 1. The van der Waals surface area contributed by atoms with E-state index < -0.39 is 12.0 Å². The summed E-state index contributed by atoms with van der Waals surface area (Å²) >= 11 is 5.22. The Labute approximate surface area is 141 Å². The molecule has 1 atom stereocenters. The largest absolute Gasteiger partial charge is 0.463 e. The number of halogens is 2. The van der Waals surface area contributed by atoms with Crippen molar-refractivity contribution < 1.29 is 13.2 Å². The minimum absolute atomic E-state index is 0.110. The maximum atomic E-state index is 13.6. The van der Waals surface area contributed by atoms with Gasteiger partial charge < -0.3 is 4.42 Å². The van der Waals surface area contributed by atoms with Gasteiger partial charge in [0.2, 0.25) is 0 Å². The zero-order valence-corrected chi connectivity index (χ0v) is 13.9. The van der Waals surface area contributed by atoms with Crippen LogP contribution >= 0.6 is 12.2 Å². The molecule has 0 fully saturated rings. The molecule has 5 nitrogen and oxygen atoms in total. The molecule has 0 spiro atoms. The molecule has 0 aliphatic carbocycles. The van der Waals surface area contributed by atoms with Crippen LogP contribution in [0.4, 0.5) is 8.78 Å². The van der Waals surface area contributed by atoms with Crippen LogP contribution in [0, 0.1) is 4.77 Å². The molecule has 3 aromatic heterocycles. The van der Waals surface area contributed by atoms with Crippen LogP contribution in [0.15, 0.2) is 33.7 Å². The summed E-state index contributed by atoms with van der Waals surface area (Å²) in [7, 11) is 0. The van der Waals surface area contributed by atoms with Crippen LogP contribution in [0.25, 0.3) is 22.5 Å². The Morgan fingerprint density at radius 3 is 2.79 bits per heavy atom. The topological polar surface area (TPSA) is 63.8 Å². The summed E-state index contributed by atoms with van der Waals surface area (Å²) in [4.78, 5) is 19.1. The molecule has 0 aliphatic heterocycles. The van der Waals surface area contributed by atoms with Crippen molar-refractivity contribution in [3.05, 3.63) is 45.2 Å². The van der Waals surface area contributed by atoms with Gasteiger partial charge in [-0.2, -0.15) is 0 Å². The minimum Gasteiger partial charge on any atom is -0.463 e. The van der Waals surface area contributed by atoms with E-state index in [9.17, 15) is 13.6 Å². The van der Waals surface area contributed by atoms with E-state index in [0.717, 1.165) is 0 Å². The lowest BCUT2D eigenvalue weighted by Crippen LogP contribution is -2.19. The van der Waals surface area contributed by atoms with Gasteiger partial charge in [-0.25, -0.2) is 13.8 Å². The molecule has 126 valence electrons. The van der Waals surface area contributed by atoms with Crippen molar-refractivity contribution in [1.82, 2.24) is 14.5 Å². The molecule has 0 saturated carbocycles. The summed E-state index contributed by atoms with van der Waals surface area (Å²) in [5.74, 6) is 0.348. The van der Waals surface area contributed by atoms with E-state index in [1.807, 2.05) is 13.8 Å². The first-order chi connectivity index (χ1) is 11.4. The van der Waals surface area contributed by atoms with E-state index in [2.05, 4.69) is 9.97 Å². The first-order valence-corrected chi connectivity index (χ1v) is 7.86. The lowest BCUT2D eigenvalue weighted by molar-refractivity contribution is 0.153. The van der Waals surface area contributed by atoms with Crippen LogP contribution in [-0.4, -0.2) is 14.5 Å². The van der Waals surface area contributed by atoms with Crippen LogP contribution in [-0.2, 0) is 0 Å². The summed E-state index contributed by atoms with van der Waals surface area (Å²) in [6.45, 7) is 3.82. The maximum absolute atomic E-state index is 13.6. The van der Waals surface area contributed by atoms with Gasteiger partial charge in [0.25, 0.3) is 12.0 Å². The van der Waals surface area contributed by atoms with E-state index in [1.165, 1.54) is 12.3 Å². The average Bonchev–Trinajstić information content (AvgIpc) is 3.07. The van der Waals surface area contributed by atoms with E-state index in [0.29, 0.717) is 12.2 Å². The number of hydrogen-bond donors (Lipinski definition) is 1. The second kappa shape index (κ2) is 6.27. The normalized spacial score (nSPS) is 12.9. The quantitative estimate of drug-likeness (QED) is 0.697. The molecule has 0 radical (unpaired) electrons. The van der Waals surface area contributed by atoms with Crippen molar-refractivity contribution >= 4 is 23.3 Å². The van der Waals surface area contributed by atoms with Crippen LogP contribution < -0.4 is 5.56 Å². The predicted octanol–water partition coefficient (Wildman–Crippen LogP) is 4.62. The third-order valence-electron chi connectivity index (χ3n) is 3.97. The Hall–Kier alpha value is -2.35. The van der Waals surface area contributed by atoms with Crippen molar-refractivity contribution in [3.63, 3.8) is 0 Å². The zero-order valence-electron chi connectivity index (χ0n) is 13.0. The van der Waals surface area contributed by atoms with Crippen molar-refractivity contribution in [3.8, 4) is 11.5 Å². The third kappa shape index (κ3) is 2.66. The first kappa shape index (κ1) is 16.5. The molecule has 0 amide bonds. The highest BCUT2D eigenvalue weighted by molar-refractivity contribution is 7.71. The molecule has 3 aromatic rings. The molecule has 24 heavy (non-hydrogen) atoms. The molecule has 1 unspecified atom stereocenters. The molecule has 3 rings (SSSR count). The SMILES string of the molecule is CCC(C)n1c(=S)[nH]c(=O)c2c(C(F)F)cc(-c3ccco3)nc21. The molecule has 0 aliphatic rings. The number of hydrogen-bond acceptors (Lipinski definition) is 4. The number of nitrogens with zero attached hydrogens (tertiary/aromatic N) is 2. The molecular formula is C16H15F2N3O2S. The molecule has 0 bridgehead atoms. The Bertz CT molecular complexity index is 993. The summed E-state index contributed by atoms with van der Waals surface area (Å²) in [5, 5.41) is -0.144. The highest BCUT2D eigenvalue weighted by Crippen LogP contribution is 2.30. The second-order valence-electron chi connectivity index (χ2n) is 5.46. The van der Waals surface area contributed by atoms with Gasteiger partial charge in [-0.15, -0.1) is 0 Å². The average molecular weight is 351 g/mol. The number of H-pyrrole nitrogens is 1. The summed E-state index contributed by atoms with van der Waals surface area (Å²) in [5.41, 5.74) is -0.676. The third-order valence-corrected chi connectivity index (χ3v) is 4.26. The van der Waals surface area contributed by atoms with Gasteiger partial charge in [-0.1, -0.05) is 6.92 Å². The van der Waals surface area contributed by atoms with Gasteiger partial charge in [-0.3, -0.25) is 14.3 Å². The van der Waals surface area contributed by atoms with E-state index >= 15 is 0 Å². The van der Waals surface area contributed by atoms with Gasteiger partial charge in [0.15, 0.2) is 10.5 Å². The smallest absolute Gasteiger partial charge is 0.264 e. The second-order valence-corrected chi connectivity index (χ2v) is 5.85.